The first-order valence-corrected chi connectivity index (χ1v) is 6.15. The molecule has 5 N–H and O–H groups in total. The number of nitrogens with one attached hydrogen (secondary N) is 1. The first-order chi connectivity index (χ1) is 9.49. The molecule has 1 saturated heterocycles. The fourth-order valence-corrected chi connectivity index (χ4v) is 2.14. The van der Waals surface area contributed by atoms with E-state index >= 15 is 0 Å². The molecular formula is C12H17N3O5. The predicted octanol–water partition coefficient (Wildman–Crippen LogP) is -1.60. The molecule has 4 atom stereocenters. The van der Waals surface area contributed by atoms with E-state index in [1.54, 1.807) is 0 Å². The van der Waals surface area contributed by atoms with Crippen LogP contribution in [0.4, 0.5) is 4.79 Å². The monoisotopic (exact) mass is 283 g/mol. The van der Waals surface area contributed by atoms with Crippen molar-refractivity contribution < 1.29 is 24.5 Å². The summed E-state index contributed by atoms with van der Waals surface area (Å²) in [7, 11) is 0. The van der Waals surface area contributed by atoms with Gasteiger partial charge < -0.3 is 26.0 Å². The van der Waals surface area contributed by atoms with E-state index in [0.717, 1.165) is 0 Å². The van der Waals surface area contributed by atoms with Gasteiger partial charge in [-0.2, -0.15) is 0 Å². The number of aliphatic hydroxyl groups excluding tert-OH is 2. The largest absolute Gasteiger partial charge is 0.394 e. The molecule has 1 fully saturated rings. The van der Waals surface area contributed by atoms with Crippen molar-refractivity contribution >= 4 is 12.3 Å². The third-order valence-electron chi connectivity index (χ3n) is 3.21. The summed E-state index contributed by atoms with van der Waals surface area (Å²) in [5.74, 6) is 0. The molecule has 0 spiro atoms. The van der Waals surface area contributed by atoms with E-state index < -0.39 is 30.1 Å². The first kappa shape index (κ1) is 14.7. The van der Waals surface area contributed by atoms with Crippen molar-refractivity contribution in [2.24, 2.45) is 5.73 Å². The van der Waals surface area contributed by atoms with E-state index in [2.05, 4.69) is 5.32 Å². The van der Waals surface area contributed by atoms with E-state index in [4.69, 9.17) is 15.6 Å². The molecular weight excluding hydrogens is 266 g/mol. The summed E-state index contributed by atoms with van der Waals surface area (Å²) < 4.78 is 5.38. The van der Waals surface area contributed by atoms with Crippen LogP contribution in [0.1, 0.15) is 6.42 Å². The second-order valence-corrected chi connectivity index (χ2v) is 4.70. The smallest absolute Gasteiger partial charge is 0.325 e. The Morgan fingerprint density at radius 3 is 2.95 bits per heavy atom. The number of urea groups is 1. The summed E-state index contributed by atoms with van der Waals surface area (Å²) in [5, 5.41) is 21.2. The van der Waals surface area contributed by atoms with Gasteiger partial charge in [0.25, 0.3) is 0 Å². The van der Waals surface area contributed by atoms with Gasteiger partial charge in [-0.05, 0) is 18.2 Å². The molecule has 2 heterocycles. The Morgan fingerprint density at radius 1 is 1.65 bits per heavy atom. The van der Waals surface area contributed by atoms with Crippen molar-refractivity contribution in [2.75, 3.05) is 6.61 Å². The minimum Gasteiger partial charge on any atom is -0.394 e. The molecule has 20 heavy (non-hydrogen) atoms. The highest BCUT2D eigenvalue weighted by atomic mass is 16.5. The lowest BCUT2D eigenvalue weighted by Gasteiger charge is -2.35. The first-order valence-electron chi connectivity index (χ1n) is 6.15. The zero-order valence-electron chi connectivity index (χ0n) is 10.7. The van der Waals surface area contributed by atoms with Crippen molar-refractivity contribution in [3.05, 3.63) is 24.4 Å². The second kappa shape index (κ2) is 5.71. The van der Waals surface area contributed by atoms with Crippen LogP contribution in [0.15, 0.2) is 24.4 Å². The van der Waals surface area contributed by atoms with Crippen LogP contribution < -0.4 is 11.1 Å². The number of hydrogen-bond donors (Lipinski definition) is 4. The Hall–Kier alpha value is -1.74. The Labute approximate surface area is 115 Å². The fourth-order valence-electron chi connectivity index (χ4n) is 2.14. The number of amides is 2. The van der Waals surface area contributed by atoms with Gasteiger partial charge in [-0.15, -0.1) is 0 Å². The van der Waals surface area contributed by atoms with Gasteiger partial charge in [-0.1, -0.05) is 0 Å². The molecule has 0 aromatic carbocycles. The molecule has 0 aliphatic carbocycles. The number of aliphatic hydroxyl groups is 2. The number of nitrogens with two attached hydrogens (primary N) is 1. The number of nitrogens with zero attached hydrogens (tertiary/aromatic N) is 1. The van der Waals surface area contributed by atoms with E-state index in [0.29, 0.717) is 6.29 Å². The molecule has 110 valence electrons. The summed E-state index contributed by atoms with van der Waals surface area (Å²) in [6.07, 6.45) is 4.03. The Morgan fingerprint density at radius 2 is 2.40 bits per heavy atom. The van der Waals surface area contributed by atoms with Crippen molar-refractivity contribution in [2.45, 2.75) is 30.5 Å². The molecule has 2 amide bonds. The number of carbonyl (C=O) groups excluding carboxylic acids is 2. The average Bonchev–Trinajstić information content (AvgIpc) is 2.77. The third-order valence-corrected chi connectivity index (χ3v) is 3.21. The van der Waals surface area contributed by atoms with Gasteiger partial charge in [0.05, 0.1) is 12.7 Å². The lowest BCUT2D eigenvalue weighted by atomic mass is 10.1. The Kier molecular flexibility index (Phi) is 4.19. The number of carbonyl (C=O) groups is 2. The highest BCUT2D eigenvalue weighted by Crippen LogP contribution is 2.25. The molecule has 1 unspecified atom stereocenters. The maximum Gasteiger partial charge on any atom is 0.325 e. The topological polar surface area (TPSA) is 125 Å². The Balaban J connectivity index is 2.09. The van der Waals surface area contributed by atoms with Gasteiger partial charge in [0.15, 0.2) is 0 Å². The average molecular weight is 283 g/mol. The minimum atomic E-state index is -1.23. The summed E-state index contributed by atoms with van der Waals surface area (Å²) in [6.45, 7) is -0.320. The number of hydrogen-bond acceptors (Lipinski definition) is 6. The predicted molar refractivity (Wildman–Crippen MR) is 68.0 cm³/mol. The fraction of sp³-hybridized carbons (Fsp3) is 0.500. The van der Waals surface area contributed by atoms with E-state index in [9.17, 15) is 14.7 Å². The van der Waals surface area contributed by atoms with E-state index in [1.807, 2.05) is 0 Å². The van der Waals surface area contributed by atoms with Crippen LogP contribution in [-0.2, 0) is 9.53 Å². The van der Waals surface area contributed by atoms with Gasteiger partial charge in [0, 0.05) is 12.6 Å². The summed E-state index contributed by atoms with van der Waals surface area (Å²) in [4.78, 5) is 23.5. The number of rotatable bonds is 4. The lowest BCUT2D eigenvalue weighted by molar-refractivity contribution is -0.104. The van der Waals surface area contributed by atoms with Crippen LogP contribution in [0.2, 0.25) is 0 Å². The molecule has 8 nitrogen and oxygen atoms in total. The lowest BCUT2D eigenvalue weighted by Crippen LogP contribution is -2.60. The zero-order valence-corrected chi connectivity index (χ0v) is 10.7. The van der Waals surface area contributed by atoms with Crippen LogP contribution in [-0.4, -0.2) is 58.1 Å². The zero-order chi connectivity index (χ0) is 14.8. The van der Waals surface area contributed by atoms with Crippen molar-refractivity contribution in [3.8, 4) is 0 Å². The Bertz CT molecular complexity index is 452. The summed E-state index contributed by atoms with van der Waals surface area (Å²) in [6, 6.07) is -0.513. The summed E-state index contributed by atoms with van der Waals surface area (Å²) >= 11 is 0. The van der Waals surface area contributed by atoms with Crippen LogP contribution in [0, 0.1) is 0 Å². The maximum atomic E-state index is 12.0. The van der Waals surface area contributed by atoms with E-state index in [-0.39, 0.29) is 13.0 Å². The molecule has 0 aromatic heterocycles. The number of aldehydes is 1. The molecule has 0 aromatic rings. The third kappa shape index (κ3) is 2.88. The molecule has 2 aliphatic rings. The normalized spacial score (nSPS) is 37.5. The van der Waals surface area contributed by atoms with Crippen LogP contribution in [0.5, 0.6) is 0 Å². The van der Waals surface area contributed by atoms with Crippen molar-refractivity contribution in [1.29, 1.82) is 0 Å². The molecule has 0 bridgehead atoms. The van der Waals surface area contributed by atoms with Crippen molar-refractivity contribution in [1.82, 2.24) is 10.2 Å². The van der Waals surface area contributed by atoms with Gasteiger partial charge >= 0.3 is 6.03 Å². The van der Waals surface area contributed by atoms with Crippen LogP contribution in [0.3, 0.4) is 0 Å². The minimum absolute atomic E-state index is 0.199. The molecule has 8 heteroatoms. The van der Waals surface area contributed by atoms with Crippen molar-refractivity contribution in [3.63, 3.8) is 0 Å². The molecule has 0 radical (unpaired) electrons. The quantitative estimate of drug-likeness (QED) is 0.364. The van der Waals surface area contributed by atoms with Crippen LogP contribution >= 0.6 is 0 Å². The molecule has 2 aliphatic heterocycles. The van der Waals surface area contributed by atoms with Crippen LogP contribution in [0.25, 0.3) is 0 Å². The van der Waals surface area contributed by atoms with Gasteiger partial charge in [0.1, 0.15) is 24.3 Å². The summed E-state index contributed by atoms with van der Waals surface area (Å²) in [5.41, 5.74) is 4.62. The molecule has 0 saturated carbocycles. The standard InChI is InChI=1S/C12H17N3O5/c13-12(2-1-5-16)3-4-15(11(19)14-12)10-6-8(18)9(7-17)20-10/h1-5,8-10,17-18H,6-7,13H2,(H,14,19)/t8-,9+,10+,12?/m0/s1. The van der Waals surface area contributed by atoms with Gasteiger partial charge in [-0.3, -0.25) is 9.69 Å². The number of ether oxygens (including phenoxy) is 1. The molecule has 2 rings (SSSR count). The number of allylic oxidation sites excluding steroid dienone is 1. The van der Waals surface area contributed by atoms with Gasteiger partial charge in [0.2, 0.25) is 0 Å². The maximum absolute atomic E-state index is 12.0. The van der Waals surface area contributed by atoms with Gasteiger partial charge in [-0.25, -0.2) is 4.79 Å². The SMILES string of the molecule is NC1(C=CC=O)C=CN([C@H]2C[C@H](O)[C@@H](CO)O2)C(=O)N1. The highest BCUT2D eigenvalue weighted by Gasteiger charge is 2.40. The second-order valence-electron chi connectivity index (χ2n) is 4.70. The highest BCUT2D eigenvalue weighted by molar-refractivity contribution is 5.79. The van der Waals surface area contributed by atoms with E-state index in [1.165, 1.54) is 29.3 Å².